The van der Waals surface area contributed by atoms with E-state index < -0.39 is 0 Å². The van der Waals surface area contributed by atoms with E-state index in [4.69, 9.17) is 17.3 Å². The third-order valence-corrected chi connectivity index (χ3v) is 3.20. The maximum Gasteiger partial charge on any atom is 0.224 e. The molecule has 18 heavy (non-hydrogen) atoms. The van der Waals surface area contributed by atoms with E-state index in [1.165, 1.54) is 0 Å². The number of benzene rings is 1. The number of rotatable bonds is 6. The lowest BCUT2D eigenvalue weighted by Crippen LogP contribution is -2.40. The first-order valence-corrected chi connectivity index (χ1v) is 6.69. The van der Waals surface area contributed by atoms with Crippen molar-refractivity contribution >= 4 is 17.5 Å². The van der Waals surface area contributed by atoms with E-state index in [1.807, 2.05) is 38.1 Å². The molecule has 4 heteroatoms. The van der Waals surface area contributed by atoms with Crippen molar-refractivity contribution in [3.8, 4) is 0 Å². The summed E-state index contributed by atoms with van der Waals surface area (Å²) >= 11 is 5.93. The van der Waals surface area contributed by atoms with Gasteiger partial charge in [0.1, 0.15) is 0 Å². The zero-order chi connectivity index (χ0) is 13.5. The predicted octanol–water partition coefficient (Wildman–Crippen LogP) is 2.37. The lowest BCUT2D eigenvalue weighted by atomic mass is 10.0. The van der Waals surface area contributed by atoms with Crippen LogP contribution < -0.4 is 11.1 Å². The average Bonchev–Trinajstić information content (AvgIpc) is 2.30. The molecule has 3 N–H and O–H groups in total. The molecular weight excluding hydrogens is 248 g/mol. The van der Waals surface area contributed by atoms with Crippen molar-refractivity contribution in [3.05, 3.63) is 34.9 Å². The summed E-state index contributed by atoms with van der Waals surface area (Å²) in [6, 6.07) is 7.77. The number of nitrogens with one attached hydrogen (secondary N) is 1. The third-order valence-electron chi connectivity index (χ3n) is 2.97. The van der Waals surface area contributed by atoms with Gasteiger partial charge in [-0.15, -0.1) is 0 Å². The molecule has 0 radical (unpaired) electrons. The van der Waals surface area contributed by atoms with E-state index in [0.29, 0.717) is 6.54 Å². The zero-order valence-corrected chi connectivity index (χ0v) is 11.7. The zero-order valence-electron chi connectivity index (χ0n) is 10.9. The van der Waals surface area contributed by atoms with Gasteiger partial charge in [-0.2, -0.15) is 0 Å². The molecule has 0 fully saturated rings. The molecule has 3 nitrogen and oxygen atoms in total. The minimum atomic E-state index is -0.0909. The minimum Gasteiger partial charge on any atom is -0.353 e. The first-order chi connectivity index (χ1) is 8.56. The number of hydrogen-bond acceptors (Lipinski definition) is 2. The number of carbonyl (C=O) groups is 1. The highest BCUT2D eigenvalue weighted by atomic mass is 35.5. The van der Waals surface area contributed by atoms with E-state index in [-0.39, 0.29) is 17.9 Å². The Balaban J connectivity index is 2.51. The molecule has 1 rings (SSSR count). The maximum absolute atomic E-state index is 11.9. The summed E-state index contributed by atoms with van der Waals surface area (Å²) in [5, 5.41) is 3.71. The van der Waals surface area contributed by atoms with Crippen LogP contribution in [0.2, 0.25) is 5.02 Å². The van der Waals surface area contributed by atoms with Crippen LogP contribution in [-0.4, -0.2) is 18.5 Å². The Bertz CT molecular complexity index is 391. The molecule has 0 bridgehead atoms. The van der Waals surface area contributed by atoms with Gasteiger partial charge in [0.15, 0.2) is 0 Å². The summed E-state index contributed by atoms with van der Waals surface area (Å²) in [6.07, 6.45) is 1.54. The normalized spacial score (nSPS) is 14.0. The Kier molecular flexibility index (Phi) is 6.16. The van der Waals surface area contributed by atoms with Crippen molar-refractivity contribution in [2.24, 2.45) is 11.7 Å². The molecule has 1 aromatic rings. The molecule has 0 aliphatic carbocycles. The topological polar surface area (TPSA) is 55.1 Å². The highest BCUT2D eigenvalue weighted by molar-refractivity contribution is 6.30. The summed E-state index contributed by atoms with van der Waals surface area (Å²) in [7, 11) is 0. The van der Waals surface area contributed by atoms with Crippen LogP contribution in [0.25, 0.3) is 0 Å². The molecule has 0 saturated carbocycles. The standard InChI is InChI=1S/C14H21ClN2O/c1-3-12(9-16)14(18)17-10(2)7-11-5-4-6-13(15)8-11/h4-6,8,10,12H,3,7,9,16H2,1-2H3,(H,17,18). The van der Waals surface area contributed by atoms with Gasteiger partial charge in [-0.1, -0.05) is 30.7 Å². The number of amides is 1. The Labute approximate surface area is 114 Å². The first-order valence-electron chi connectivity index (χ1n) is 6.31. The molecule has 0 aliphatic heterocycles. The number of hydrogen-bond donors (Lipinski definition) is 2. The van der Waals surface area contributed by atoms with E-state index >= 15 is 0 Å². The second kappa shape index (κ2) is 7.39. The SMILES string of the molecule is CCC(CN)C(=O)NC(C)Cc1cccc(Cl)c1. The van der Waals surface area contributed by atoms with Crippen molar-refractivity contribution in [2.75, 3.05) is 6.54 Å². The van der Waals surface area contributed by atoms with E-state index in [9.17, 15) is 4.79 Å². The van der Waals surface area contributed by atoms with E-state index in [1.54, 1.807) is 0 Å². The van der Waals surface area contributed by atoms with Crippen LogP contribution in [0.1, 0.15) is 25.8 Å². The Morgan fingerprint density at radius 3 is 2.78 bits per heavy atom. The minimum absolute atomic E-state index is 0.0366. The largest absolute Gasteiger partial charge is 0.353 e. The molecule has 2 unspecified atom stereocenters. The molecule has 0 heterocycles. The summed E-state index contributed by atoms with van der Waals surface area (Å²) < 4.78 is 0. The van der Waals surface area contributed by atoms with Crippen molar-refractivity contribution in [3.63, 3.8) is 0 Å². The van der Waals surface area contributed by atoms with Crippen molar-refractivity contribution in [1.82, 2.24) is 5.32 Å². The second-order valence-corrected chi connectivity index (χ2v) is 5.02. The fraction of sp³-hybridized carbons (Fsp3) is 0.500. The van der Waals surface area contributed by atoms with Gasteiger partial charge in [-0.3, -0.25) is 4.79 Å². The number of carbonyl (C=O) groups excluding carboxylic acids is 1. The highest BCUT2D eigenvalue weighted by Gasteiger charge is 2.16. The van der Waals surface area contributed by atoms with Crippen LogP contribution in [0, 0.1) is 5.92 Å². The van der Waals surface area contributed by atoms with Gasteiger partial charge >= 0.3 is 0 Å². The Hall–Kier alpha value is -1.06. The lowest BCUT2D eigenvalue weighted by molar-refractivity contribution is -0.125. The number of halogens is 1. The van der Waals surface area contributed by atoms with E-state index in [2.05, 4.69) is 5.32 Å². The van der Waals surface area contributed by atoms with E-state index in [0.717, 1.165) is 23.4 Å². The van der Waals surface area contributed by atoms with Gasteiger partial charge < -0.3 is 11.1 Å². The average molecular weight is 269 g/mol. The van der Waals surface area contributed by atoms with Gasteiger partial charge in [0.25, 0.3) is 0 Å². The quantitative estimate of drug-likeness (QED) is 0.832. The summed E-state index contributed by atoms with van der Waals surface area (Å²) in [4.78, 5) is 11.9. The van der Waals surface area contributed by atoms with Crippen LogP contribution in [0.4, 0.5) is 0 Å². The Morgan fingerprint density at radius 1 is 1.50 bits per heavy atom. The van der Waals surface area contributed by atoms with Gasteiger partial charge in [-0.25, -0.2) is 0 Å². The van der Waals surface area contributed by atoms with Crippen LogP contribution in [0.5, 0.6) is 0 Å². The maximum atomic E-state index is 11.9. The molecule has 100 valence electrons. The fourth-order valence-electron chi connectivity index (χ4n) is 1.89. The van der Waals surface area contributed by atoms with Crippen LogP contribution in [0.15, 0.2) is 24.3 Å². The van der Waals surface area contributed by atoms with Gasteiger partial charge in [0, 0.05) is 23.5 Å². The van der Waals surface area contributed by atoms with Gasteiger partial charge in [-0.05, 0) is 37.5 Å². The van der Waals surface area contributed by atoms with Gasteiger partial charge in [0.05, 0.1) is 0 Å². The van der Waals surface area contributed by atoms with Crippen molar-refractivity contribution in [1.29, 1.82) is 0 Å². The summed E-state index contributed by atoms with van der Waals surface area (Å²) in [5.41, 5.74) is 6.68. The molecule has 0 aromatic heterocycles. The Morgan fingerprint density at radius 2 is 2.22 bits per heavy atom. The van der Waals surface area contributed by atoms with Crippen molar-refractivity contribution < 1.29 is 4.79 Å². The molecule has 0 spiro atoms. The lowest BCUT2D eigenvalue weighted by Gasteiger charge is -2.18. The smallest absolute Gasteiger partial charge is 0.224 e. The highest BCUT2D eigenvalue weighted by Crippen LogP contribution is 2.12. The number of nitrogens with two attached hydrogens (primary N) is 1. The molecule has 0 saturated heterocycles. The molecule has 1 amide bonds. The third kappa shape index (κ3) is 4.67. The van der Waals surface area contributed by atoms with Crippen LogP contribution in [-0.2, 0) is 11.2 Å². The second-order valence-electron chi connectivity index (χ2n) is 4.58. The first kappa shape index (κ1) is 15.0. The molecule has 2 atom stereocenters. The van der Waals surface area contributed by atoms with Crippen LogP contribution in [0.3, 0.4) is 0 Å². The molecule has 1 aromatic carbocycles. The summed E-state index contributed by atoms with van der Waals surface area (Å²) in [5.74, 6) is -0.0543. The fourth-order valence-corrected chi connectivity index (χ4v) is 2.10. The monoisotopic (exact) mass is 268 g/mol. The summed E-state index contributed by atoms with van der Waals surface area (Å²) in [6.45, 7) is 4.35. The van der Waals surface area contributed by atoms with Gasteiger partial charge in [0.2, 0.25) is 5.91 Å². The molecule has 0 aliphatic rings. The van der Waals surface area contributed by atoms with Crippen LogP contribution >= 0.6 is 11.6 Å². The predicted molar refractivity (Wildman–Crippen MR) is 75.6 cm³/mol. The van der Waals surface area contributed by atoms with Crippen molar-refractivity contribution in [2.45, 2.75) is 32.7 Å². The molecular formula is C14H21ClN2O.